The van der Waals surface area contributed by atoms with Crippen molar-refractivity contribution in [3.63, 3.8) is 0 Å². The summed E-state index contributed by atoms with van der Waals surface area (Å²) in [7, 11) is 1.62. The third-order valence-electron chi connectivity index (χ3n) is 2.68. The summed E-state index contributed by atoms with van der Waals surface area (Å²) in [6.45, 7) is 0. The SMILES string of the molecule is COc1cc(Sc2nc3ccccc3s2)ccc1N. The molecule has 96 valence electrons. The van der Waals surface area contributed by atoms with Crippen molar-refractivity contribution in [1.82, 2.24) is 4.98 Å². The minimum atomic E-state index is 0.649. The van der Waals surface area contributed by atoms with Crippen LogP contribution in [-0.2, 0) is 0 Å². The Kier molecular flexibility index (Phi) is 3.31. The lowest BCUT2D eigenvalue weighted by Gasteiger charge is -2.05. The first kappa shape index (κ1) is 12.3. The highest BCUT2D eigenvalue weighted by Gasteiger charge is 2.07. The molecular weight excluding hydrogens is 276 g/mol. The zero-order valence-electron chi connectivity index (χ0n) is 10.3. The van der Waals surface area contributed by atoms with Crippen molar-refractivity contribution in [2.24, 2.45) is 0 Å². The monoisotopic (exact) mass is 288 g/mol. The second-order valence-corrected chi connectivity index (χ2v) is 6.30. The van der Waals surface area contributed by atoms with Gasteiger partial charge in [-0.05, 0) is 30.3 Å². The molecule has 0 saturated heterocycles. The van der Waals surface area contributed by atoms with Crippen LogP contribution in [0.1, 0.15) is 0 Å². The van der Waals surface area contributed by atoms with Gasteiger partial charge in [0.15, 0.2) is 4.34 Å². The average Bonchev–Trinajstić information content (AvgIpc) is 2.83. The van der Waals surface area contributed by atoms with Gasteiger partial charge in [0.2, 0.25) is 0 Å². The maximum absolute atomic E-state index is 5.81. The number of rotatable bonds is 3. The molecule has 3 rings (SSSR count). The molecule has 19 heavy (non-hydrogen) atoms. The Morgan fingerprint density at radius 1 is 1.21 bits per heavy atom. The molecule has 0 bridgehead atoms. The van der Waals surface area contributed by atoms with Crippen LogP contribution < -0.4 is 10.5 Å². The van der Waals surface area contributed by atoms with Gasteiger partial charge < -0.3 is 10.5 Å². The first-order valence-corrected chi connectivity index (χ1v) is 7.36. The van der Waals surface area contributed by atoms with E-state index >= 15 is 0 Å². The molecule has 0 radical (unpaired) electrons. The van der Waals surface area contributed by atoms with Gasteiger partial charge in [0.05, 0.1) is 23.0 Å². The van der Waals surface area contributed by atoms with E-state index in [2.05, 4.69) is 11.1 Å². The number of methoxy groups -OCH3 is 1. The van der Waals surface area contributed by atoms with Gasteiger partial charge in [-0.1, -0.05) is 23.9 Å². The molecule has 0 atom stereocenters. The maximum Gasteiger partial charge on any atom is 0.155 e. The summed E-state index contributed by atoms with van der Waals surface area (Å²) in [6, 6.07) is 13.9. The number of ether oxygens (including phenoxy) is 1. The Bertz CT molecular complexity index is 691. The number of nitrogen functional groups attached to an aromatic ring is 1. The van der Waals surface area contributed by atoms with Crippen molar-refractivity contribution in [3.8, 4) is 5.75 Å². The second-order valence-electron chi connectivity index (χ2n) is 3.95. The normalized spacial score (nSPS) is 10.8. The molecule has 0 aliphatic rings. The highest BCUT2D eigenvalue weighted by molar-refractivity contribution is 8.01. The van der Waals surface area contributed by atoms with E-state index in [1.54, 1.807) is 30.2 Å². The maximum atomic E-state index is 5.81. The highest BCUT2D eigenvalue weighted by Crippen LogP contribution is 2.36. The van der Waals surface area contributed by atoms with Gasteiger partial charge in [0, 0.05) is 4.90 Å². The fourth-order valence-electron chi connectivity index (χ4n) is 1.75. The van der Waals surface area contributed by atoms with Crippen molar-refractivity contribution in [2.75, 3.05) is 12.8 Å². The van der Waals surface area contributed by atoms with Crippen LogP contribution in [-0.4, -0.2) is 12.1 Å². The third-order valence-corrected chi connectivity index (χ3v) is 4.77. The van der Waals surface area contributed by atoms with Crippen LogP contribution >= 0.6 is 23.1 Å². The van der Waals surface area contributed by atoms with Crippen LogP contribution in [0.15, 0.2) is 51.7 Å². The quantitative estimate of drug-likeness (QED) is 0.739. The number of thiazole rings is 1. The molecule has 3 aromatic rings. The van der Waals surface area contributed by atoms with Gasteiger partial charge in [-0.25, -0.2) is 4.98 Å². The highest BCUT2D eigenvalue weighted by atomic mass is 32.2. The number of hydrogen-bond acceptors (Lipinski definition) is 5. The van der Waals surface area contributed by atoms with E-state index in [9.17, 15) is 0 Å². The van der Waals surface area contributed by atoms with E-state index < -0.39 is 0 Å². The van der Waals surface area contributed by atoms with Gasteiger partial charge in [-0.2, -0.15) is 0 Å². The van der Waals surface area contributed by atoms with Gasteiger partial charge in [-0.3, -0.25) is 0 Å². The van der Waals surface area contributed by atoms with Crippen molar-refractivity contribution in [1.29, 1.82) is 0 Å². The van der Waals surface area contributed by atoms with E-state index in [1.165, 1.54) is 4.70 Å². The van der Waals surface area contributed by atoms with E-state index in [0.717, 1.165) is 14.8 Å². The summed E-state index contributed by atoms with van der Waals surface area (Å²) < 4.78 is 7.45. The van der Waals surface area contributed by atoms with E-state index in [4.69, 9.17) is 10.5 Å². The van der Waals surface area contributed by atoms with Crippen LogP contribution in [0.3, 0.4) is 0 Å². The van der Waals surface area contributed by atoms with Crippen LogP contribution in [0.4, 0.5) is 5.69 Å². The molecule has 1 heterocycles. The summed E-state index contributed by atoms with van der Waals surface area (Å²) >= 11 is 3.31. The molecule has 1 aromatic heterocycles. The molecule has 0 spiro atoms. The van der Waals surface area contributed by atoms with Gasteiger partial charge >= 0.3 is 0 Å². The number of aromatic nitrogens is 1. The first-order chi connectivity index (χ1) is 9.26. The van der Waals surface area contributed by atoms with E-state index in [-0.39, 0.29) is 0 Å². The average molecular weight is 288 g/mol. The first-order valence-electron chi connectivity index (χ1n) is 5.73. The van der Waals surface area contributed by atoms with Crippen molar-refractivity contribution in [2.45, 2.75) is 9.24 Å². The predicted octanol–water partition coefficient (Wildman–Crippen LogP) is 4.04. The van der Waals surface area contributed by atoms with Crippen LogP contribution in [0.5, 0.6) is 5.75 Å². The molecule has 0 aliphatic heterocycles. The lowest BCUT2D eigenvalue weighted by Crippen LogP contribution is -1.91. The molecule has 5 heteroatoms. The molecule has 3 nitrogen and oxygen atoms in total. The molecule has 0 amide bonds. The Hall–Kier alpha value is -1.72. The Labute approximate surface area is 119 Å². The molecule has 0 aliphatic carbocycles. The van der Waals surface area contributed by atoms with Crippen molar-refractivity contribution in [3.05, 3.63) is 42.5 Å². The third kappa shape index (κ3) is 2.52. The summed E-state index contributed by atoms with van der Waals surface area (Å²) in [4.78, 5) is 5.67. The Morgan fingerprint density at radius 2 is 2.05 bits per heavy atom. The van der Waals surface area contributed by atoms with Gasteiger partial charge in [0.1, 0.15) is 5.75 Å². The largest absolute Gasteiger partial charge is 0.495 e. The van der Waals surface area contributed by atoms with Gasteiger partial charge in [-0.15, -0.1) is 11.3 Å². The van der Waals surface area contributed by atoms with Gasteiger partial charge in [0.25, 0.3) is 0 Å². The summed E-state index contributed by atoms with van der Waals surface area (Å²) in [5.41, 5.74) is 7.50. The smallest absolute Gasteiger partial charge is 0.155 e. The molecule has 0 unspecified atom stereocenters. The zero-order chi connectivity index (χ0) is 13.2. The number of benzene rings is 2. The molecule has 2 aromatic carbocycles. The number of anilines is 1. The van der Waals surface area contributed by atoms with Crippen molar-refractivity contribution < 1.29 is 4.74 Å². The molecule has 2 N–H and O–H groups in total. The number of para-hydroxylation sites is 1. The van der Waals surface area contributed by atoms with E-state index in [1.807, 2.05) is 36.4 Å². The zero-order valence-corrected chi connectivity index (χ0v) is 11.9. The lowest BCUT2D eigenvalue weighted by molar-refractivity contribution is 0.416. The summed E-state index contributed by atoms with van der Waals surface area (Å²) in [5, 5.41) is 0. The number of hydrogen-bond donors (Lipinski definition) is 1. The predicted molar refractivity (Wildman–Crippen MR) is 81.1 cm³/mol. The van der Waals surface area contributed by atoms with Crippen molar-refractivity contribution >= 4 is 39.0 Å². The Balaban J connectivity index is 1.92. The fourth-order valence-corrected chi connectivity index (χ4v) is 3.82. The molecule has 0 saturated carbocycles. The molecule has 0 fully saturated rings. The molecular formula is C14H12N2OS2. The Morgan fingerprint density at radius 3 is 2.84 bits per heavy atom. The standard InChI is InChI=1S/C14H12N2OS2/c1-17-12-8-9(6-7-10(12)15)18-14-16-11-4-2-3-5-13(11)19-14/h2-8H,15H2,1H3. The lowest BCUT2D eigenvalue weighted by atomic mass is 10.3. The van der Waals surface area contributed by atoms with Crippen LogP contribution in [0, 0.1) is 0 Å². The van der Waals surface area contributed by atoms with Crippen LogP contribution in [0.2, 0.25) is 0 Å². The van der Waals surface area contributed by atoms with Crippen LogP contribution in [0.25, 0.3) is 10.2 Å². The van der Waals surface area contributed by atoms with E-state index in [0.29, 0.717) is 11.4 Å². The minimum absolute atomic E-state index is 0.649. The summed E-state index contributed by atoms with van der Waals surface area (Å²) in [5.74, 6) is 0.700. The topological polar surface area (TPSA) is 48.1 Å². The number of nitrogens with two attached hydrogens (primary N) is 1. The number of fused-ring (bicyclic) bond motifs is 1. The minimum Gasteiger partial charge on any atom is -0.495 e. The second kappa shape index (κ2) is 5.11. The number of nitrogens with zero attached hydrogens (tertiary/aromatic N) is 1. The summed E-state index contributed by atoms with van der Waals surface area (Å²) in [6.07, 6.45) is 0. The fraction of sp³-hybridized carbons (Fsp3) is 0.0714.